The largest absolute Gasteiger partial charge is 0.375 e. The van der Waals surface area contributed by atoms with Crippen molar-refractivity contribution in [2.75, 3.05) is 64.5 Å². The van der Waals surface area contributed by atoms with Crippen molar-refractivity contribution in [3.63, 3.8) is 0 Å². The van der Waals surface area contributed by atoms with Crippen molar-refractivity contribution in [1.29, 1.82) is 0 Å². The van der Waals surface area contributed by atoms with Gasteiger partial charge in [0.1, 0.15) is 6.61 Å². The van der Waals surface area contributed by atoms with Gasteiger partial charge in [-0.05, 0) is 31.2 Å². The predicted molar refractivity (Wildman–Crippen MR) is 90.2 cm³/mol. The van der Waals surface area contributed by atoms with Crippen LogP contribution in [0.4, 0.5) is 0 Å². The predicted octanol–water partition coefficient (Wildman–Crippen LogP) is 0.508. The van der Waals surface area contributed by atoms with E-state index in [1.54, 1.807) is 7.11 Å². The minimum atomic E-state index is 0.00696. The fraction of sp³-hybridized carbons (Fsp3) is 0.938. The van der Waals surface area contributed by atoms with Gasteiger partial charge in [0, 0.05) is 57.4 Å². The lowest BCUT2D eigenvalue weighted by molar-refractivity contribution is -0.125. The van der Waals surface area contributed by atoms with Crippen molar-refractivity contribution >= 4 is 17.7 Å². The van der Waals surface area contributed by atoms with Crippen LogP contribution in [0.5, 0.6) is 0 Å². The third kappa shape index (κ3) is 4.16. The molecular weight excluding hydrogens is 298 g/mol. The zero-order chi connectivity index (χ0) is 15.4. The maximum atomic E-state index is 11.6. The number of rotatable bonds is 6. The minimum absolute atomic E-state index is 0.00696. The second-order valence-electron chi connectivity index (χ2n) is 6.84. The number of fused-ring (bicyclic) bond motifs is 3. The Hall–Kier alpha value is -0.300. The van der Waals surface area contributed by atoms with Crippen molar-refractivity contribution in [1.82, 2.24) is 15.1 Å². The van der Waals surface area contributed by atoms with Crippen molar-refractivity contribution in [2.24, 2.45) is 11.8 Å². The average Bonchev–Trinajstić information content (AvgIpc) is 2.55. The second-order valence-corrected chi connectivity index (χ2v) is 8.07. The van der Waals surface area contributed by atoms with Gasteiger partial charge in [0.05, 0.1) is 0 Å². The zero-order valence-corrected chi connectivity index (χ0v) is 14.4. The SMILES string of the molecule is COCC(=O)NCC1CC2CCN1CC2CN1CCSCC1. The minimum Gasteiger partial charge on any atom is -0.375 e. The normalized spacial score (nSPS) is 35.5. The fourth-order valence-electron chi connectivity index (χ4n) is 4.20. The number of carbonyl (C=O) groups is 1. The molecule has 4 unspecified atom stereocenters. The molecule has 0 aliphatic carbocycles. The molecule has 4 rings (SSSR count). The van der Waals surface area contributed by atoms with Crippen LogP contribution in [0.1, 0.15) is 12.8 Å². The highest BCUT2D eigenvalue weighted by molar-refractivity contribution is 7.99. The monoisotopic (exact) mass is 327 g/mol. The molecule has 4 aliphatic rings. The van der Waals surface area contributed by atoms with E-state index in [4.69, 9.17) is 4.74 Å². The molecule has 2 bridgehead atoms. The third-order valence-corrected chi connectivity index (χ3v) is 6.36. The number of piperidine rings is 3. The van der Waals surface area contributed by atoms with Crippen molar-refractivity contribution < 1.29 is 9.53 Å². The molecule has 4 saturated heterocycles. The summed E-state index contributed by atoms with van der Waals surface area (Å²) in [6.07, 6.45) is 2.59. The van der Waals surface area contributed by atoms with Crippen LogP contribution in [-0.4, -0.2) is 86.2 Å². The molecule has 4 fully saturated rings. The lowest BCUT2D eigenvalue weighted by Gasteiger charge is -2.51. The number of nitrogens with one attached hydrogen (secondary N) is 1. The molecule has 1 N–H and O–H groups in total. The second kappa shape index (κ2) is 7.99. The van der Waals surface area contributed by atoms with E-state index in [2.05, 4.69) is 26.9 Å². The van der Waals surface area contributed by atoms with Crippen LogP contribution in [0, 0.1) is 11.8 Å². The van der Waals surface area contributed by atoms with Crippen LogP contribution in [0.2, 0.25) is 0 Å². The standard InChI is InChI=1S/C16H29N3O2S/c1-21-12-16(20)17-9-15-8-13-2-3-19(15)11-14(13)10-18-4-6-22-7-5-18/h13-15H,2-12H2,1H3,(H,17,20). The highest BCUT2D eigenvalue weighted by atomic mass is 32.2. The lowest BCUT2D eigenvalue weighted by atomic mass is 9.75. The van der Waals surface area contributed by atoms with Crippen LogP contribution in [0.25, 0.3) is 0 Å². The molecule has 6 heteroatoms. The van der Waals surface area contributed by atoms with Crippen LogP contribution in [-0.2, 0) is 9.53 Å². The Balaban J connectivity index is 1.45. The molecule has 0 saturated carbocycles. The van der Waals surface area contributed by atoms with Gasteiger partial charge in [-0.15, -0.1) is 0 Å². The molecule has 22 heavy (non-hydrogen) atoms. The van der Waals surface area contributed by atoms with Gasteiger partial charge in [0.25, 0.3) is 0 Å². The van der Waals surface area contributed by atoms with Gasteiger partial charge in [0.15, 0.2) is 0 Å². The highest BCUT2D eigenvalue weighted by Crippen LogP contribution is 2.36. The van der Waals surface area contributed by atoms with Gasteiger partial charge in [-0.3, -0.25) is 9.69 Å². The first kappa shape index (κ1) is 16.6. The molecule has 4 heterocycles. The van der Waals surface area contributed by atoms with Gasteiger partial charge >= 0.3 is 0 Å². The number of carbonyl (C=O) groups excluding carboxylic acids is 1. The molecule has 0 spiro atoms. The summed E-state index contributed by atoms with van der Waals surface area (Å²) in [6, 6.07) is 0.535. The molecule has 0 aromatic rings. The summed E-state index contributed by atoms with van der Waals surface area (Å²) in [4.78, 5) is 16.8. The molecule has 0 aromatic carbocycles. The summed E-state index contributed by atoms with van der Waals surface area (Å²) in [5.74, 6) is 4.30. The topological polar surface area (TPSA) is 44.8 Å². The number of nitrogens with zero attached hydrogens (tertiary/aromatic N) is 2. The van der Waals surface area contributed by atoms with Gasteiger partial charge in [-0.2, -0.15) is 11.8 Å². The first-order chi connectivity index (χ1) is 10.8. The lowest BCUT2D eigenvalue weighted by Crippen LogP contribution is -2.58. The quantitative estimate of drug-likeness (QED) is 0.770. The first-order valence-corrected chi connectivity index (χ1v) is 9.71. The third-order valence-electron chi connectivity index (χ3n) is 5.42. The molecule has 4 aliphatic heterocycles. The number of amides is 1. The van der Waals surface area contributed by atoms with E-state index >= 15 is 0 Å². The van der Waals surface area contributed by atoms with Crippen molar-refractivity contribution in [2.45, 2.75) is 18.9 Å². The highest BCUT2D eigenvalue weighted by Gasteiger charge is 2.40. The number of hydrogen-bond donors (Lipinski definition) is 1. The van der Waals surface area contributed by atoms with Crippen molar-refractivity contribution in [3.05, 3.63) is 0 Å². The molecule has 5 nitrogen and oxygen atoms in total. The smallest absolute Gasteiger partial charge is 0.246 e. The summed E-state index contributed by atoms with van der Waals surface area (Å²) >= 11 is 2.09. The maximum absolute atomic E-state index is 11.6. The van der Waals surface area contributed by atoms with E-state index in [1.165, 1.54) is 57.1 Å². The van der Waals surface area contributed by atoms with Crippen molar-refractivity contribution in [3.8, 4) is 0 Å². The van der Waals surface area contributed by atoms with Gasteiger partial charge in [0.2, 0.25) is 5.91 Å². The van der Waals surface area contributed by atoms with E-state index in [1.807, 2.05) is 0 Å². The molecule has 1 amide bonds. The van der Waals surface area contributed by atoms with E-state index < -0.39 is 0 Å². The number of methoxy groups -OCH3 is 1. The van der Waals surface area contributed by atoms with Gasteiger partial charge in [-0.25, -0.2) is 0 Å². The van der Waals surface area contributed by atoms with Crippen LogP contribution >= 0.6 is 11.8 Å². The average molecular weight is 327 g/mol. The molecular formula is C16H29N3O2S. The zero-order valence-electron chi connectivity index (χ0n) is 13.6. The van der Waals surface area contributed by atoms with Crippen LogP contribution < -0.4 is 5.32 Å². The summed E-state index contributed by atoms with van der Waals surface area (Å²) in [5, 5.41) is 3.02. The molecule has 0 aromatic heterocycles. The first-order valence-electron chi connectivity index (χ1n) is 8.56. The number of thioether (sulfide) groups is 1. The van der Waals surface area contributed by atoms with Gasteiger partial charge < -0.3 is 15.0 Å². The number of ether oxygens (including phenoxy) is 1. The van der Waals surface area contributed by atoms with E-state index in [-0.39, 0.29) is 12.5 Å². The maximum Gasteiger partial charge on any atom is 0.246 e. The Labute approximate surface area is 138 Å². The van der Waals surface area contributed by atoms with E-state index in [0.717, 1.165) is 18.4 Å². The summed E-state index contributed by atoms with van der Waals surface area (Å²) in [6.45, 7) is 7.21. The Morgan fingerprint density at radius 2 is 2.14 bits per heavy atom. The summed E-state index contributed by atoms with van der Waals surface area (Å²) < 4.78 is 4.87. The van der Waals surface area contributed by atoms with Crippen LogP contribution in [0.3, 0.4) is 0 Å². The van der Waals surface area contributed by atoms with Gasteiger partial charge in [-0.1, -0.05) is 0 Å². The van der Waals surface area contributed by atoms with Crippen LogP contribution in [0.15, 0.2) is 0 Å². The Kier molecular flexibility index (Phi) is 6.02. The number of hydrogen-bond acceptors (Lipinski definition) is 5. The molecule has 126 valence electrons. The Morgan fingerprint density at radius 3 is 2.82 bits per heavy atom. The Morgan fingerprint density at radius 1 is 1.32 bits per heavy atom. The summed E-state index contributed by atoms with van der Waals surface area (Å²) in [5.41, 5.74) is 0. The molecule has 0 radical (unpaired) electrons. The van der Waals surface area contributed by atoms with E-state index in [0.29, 0.717) is 6.04 Å². The summed E-state index contributed by atoms with van der Waals surface area (Å²) in [7, 11) is 1.56. The molecule has 4 atom stereocenters. The Bertz CT molecular complexity index is 376. The van der Waals surface area contributed by atoms with E-state index in [9.17, 15) is 4.79 Å². The fourth-order valence-corrected chi connectivity index (χ4v) is 5.18.